The average molecular weight is 737 g/mol. The van der Waals surface area contributed by atoms with E-state index in [-0.39, 0.29) is 109 Å². The van der Waals surface area contributed by atoms with E-state index in [1.54, 1.807) is 12.1 Å². The molecule has 3 aliphatic heterocycles. The summed E-state index contributed by atoms with van der Waals surface area (Å²) in [5.41, 5.74) is 11.5. The maximum absolute atomic E-state index is 17.3. The fourth-order valence-corrected chi connectivity index (χ4v) is 9.09. The fourth-order valence-electron chi connectivity index (χ4n) is 7.81. The van der Waals surface area contributed by atoms with Crippen molar-refractivity contribution >= 4 is 60.6 Å². The molecule has 0 spiro atoms. The predicted molar refractivity (Wildman–Crippen MR) is 187 cm³/mol. The first-order chi connectivity index (χ1) is 24.5. The zero-order valence-electron chi connectivity index (χ0n) is 26.9. The first kappa shape index (κ1) is 33.2. The molecule has 0 bridgehead atoms. The van der Waals surface area contributed by atoms with E-state index in [2.05, 4.69) is 21.4 Å². The van der Waals surface area contributed by atoms with E-state index in [0.29, 0.717) is 6.42 Å². The Hall–Kier alpha value is -4.91. The van der Waals surface area contributed by atoms with Gasteiger partial charge in [-0.15, -0.1) is 11.3 Å². The molecular formula is C35H29ClF4N8O2S. The Morgan fingerprint density at radius 2 is 2.06 bits per heavy atom. The first-order valence-electron chi connectivity index (χ1n) is 16.1. The molecule has 2 fully saturated rings. The summed E-state index contributed by atoms with van der Waals surface area (Å²) in [6.45, 7) is 4.52. The lowest BCUT2D eigenvalue weighted by Crippen LogP contribution is -2.43. The van der Waals surface area contributed by atoms with Gasteiger partial charge in [-0.05, 0) is 37.1 Å². The Kier molecular flexibility index (Phi) is 8.08. The number of rotatable bonds is 7. The standard InChI is InChI=1S/C35H29ClF4N8O2S/c1-16(37)28(19-4-2-8-44-31(19)42)48-10-11-49-29-24-27(45-34(46-33(24)48)50-15-35-7-3-9-47(35)14-17(38)12-35)26(40)23(25(29)36)18-5-6-21(39)30-22(18)20(13-41)32(43)51-30/h2,4-6,8,17,28H,1,3,7,9-12,14-15,43H2,(H2,42,44)/t17-,28+,35+/m1/s1. The molecule has 4 N–H and O–H groups in total. The molecule has 5 aromatic rings. The second kappa shape index (κ2) is 12.4. The Balaban J connectivity index is 1.38. The van der Waals surface area contributed by atoms with Crippen molar-refractivity contribution in [3.8, 4) is 29.0 Å². The number of aromatic nitrogens is 3. The third kappa shape index (κ3) is 5.18. The maximum atomic E-state index is 17.3. The fraction of sp³-hybridized carbons (Fsp3) is 0.314. The van der Waals surface area contributed by atoms with Gasteiger partial charge < -0.3 is 25.8 Å². The Labute approximate surface area is 297 Å². The second-order valence-electron chi connectivity index (χ2n) is 12.9. The van der Waals surface area contributed by atoms with Crippen molar-refractivity contribution in [3.63, 3.8) is 0 Å². The molecule has 3 aromatic heterocycles. The molecular weight excluding hydrogens is 708 g/mol. The van der Waals surface area contributed by atoms with Gasteiger partial charge in [0.15, 0.2) is 11.6 Å². The normalized spacial score (nSPS) is 20.6. The summed E-state index contributed by atoms with van der Waals surface area (Å²) in [6.07, 6.45) is 2.27. The van der Waals surface area contributed by atoms with Gasteiger partial charge in [0.1, 0.15) is 65.3 Å². The predicted octanol–water partition coefficient (Wildman–Crippen LogP) is 7.25. The highest BCUT2D eigenvalue weighted by atomic mass is 35.5. The van der Waals surface area contributed by atoms with Crippen LogP contribution in [-0.4, -0.2) is 64.4 Å². The minimum absolute atomic E-state index is 0.00284. The smallest absolute Gasteiger partial charge is 0.319 e. The number of hydrogen-bond donors (Lipinski definition) is 2. The van der Waals surface area contributed by atoms with Crippen molar-refractivity contribution in [2.24, 2.45) is 0 Å². The van der Waals surface area contributed by atoms with Gasteiger partial charge in [0, 0.05) is 35.7 Å². The zero-order valence-corrected chi connectivity index (χ0v) is 28.4. The molecule has 6 heterocycles. The third-order valence-corrected chi connectivity index (χ3v) is 11.4. The summed E-state index contributed by atoms with van der Waals surface area (Å²) in [7, 11) is 0. The molecule has 2 aromatic carbocycles. The molecule has 0 unspecified atom stereocenters. The summed E-state index contributed by atoms with van der Waals surface area (Å²) < 4.78 is 75.0. The number of pyridine rings is 1. The monoisotopic (exact) mass is 736 g/mol. The van der Waals surface area contributed by atoms with Crippen LogP contribution in [0.3, 0.4) is 0 Å². The second-order valence-corrected chi connectivity index (χ2v) is 14.3. The number of alkyl halides is 1. The number of nitrogens with zero attached hydrogens (tertiary/aromatic N) is 6. The number of nitrogens with two attached hydrogens (primary N) is 2. The van der Waals surface area contributed by atoms with Crippen LogP contribution in [0.5, 0.6) is 11.8 Å². The van der Waals surface area contributed by atoms with Gasteiger partial charge in [-0.1, -0.05) is 30.3 Å². The quantitative estimate of drug-likeness (QED) is 0.164. The van der Waals surface area contributed by atoms with Crippen molar-refractivity contribution in [2.45, 2.75) is 37.0 Å². The minimum Gasteiger partial charge on any atom is -0.489 e. The lowest BCUT2D eigenvalue weighted by atomic mass is 9.95. The molecule has 8 rings (SSSR count). The van der Waals surface area contributed by atoms with E-state index < -0.39 is 35.2 Å². The van der Waals surface area contributed by atoms with Gasteiger partial charge in [0.05, 0.1) is 32.8 Å². The number of anilines is 3. The molecule has 0 amide bonds. The number of benzene rings is 2. The van der Waals surface area contributed by atoms with E-state index in [0.717, 1.165) is 30.4 Å². The van der Waals surface area contributed by atoms with Crippen molar-refractivity contribution in [1.29, 1.82) is 5.26 Å². The molecule has 262 valence electrons. The van der Waals surface area contributed by atoms with Crippen molar-refractivity contribution in [3.05, 3.63) is 70.7 Å². The summed E-state index contributed by atoms with van der Waals surface area (Å²) in [6, 6.07) is 6.14. The first-order valence-corrected chi connectivity index (χ1v) is 17.3. The maximum Gasteiger partial charge on any atom is 0.319 e. The largest absolute Gasteiger partial charge is 0.489 e. The number of thiophene rings is 1. The zero-order chi connectivity index (χ0) is 35.8. The number of nitrogen functional groups attached to an aromatic ring is 2. The van der Waals surface area contributed by atoms with Gasteiger partial charge >= 0.3 is 6.01 Å². The topological polar surface area (TPSA) is 139 Å². The molecule has 51 heavy (non-hydrogen) atoms. The van der Waals surface area contributed by atoms with Crippen molar-refractivity contribution < 1.29 is 27.0 Å². The SMILES string of the molecule is C=C(F)[C@@H](c1cccnc1N)N1CCOc2c(Cl)c(-c3ccc(F)c4sc(N)c(C#N)c34)c(F)c3nc(OC[C@@]45CCCN4C[C@H](F)C5)nc1c23. The molecule has 16 heteroatoms. The third-order valence-electron chi connectivity index (χ3n) is 10.00. The van der Waals surface area contributed by atoms with Gasteiger partial charge in [-0.3, -0.25) is 4.90 Å². The van der Waals surface area contributed by atoms with Crippen LogP contribution in [0, 0.1) is 23.0 Å². The van der Waals surface area contributed by atoms with E-state index in [1.807, 2.05) is 6.07 Å². The molecule has 3 atom stereocenters. The highest BCUT2D eigenvalue weighted by molar-refractivity contribution is 7.23. The summed E-state index contributed by atoms with van der Waals surface area (Å²) in [5.74, 6) is -2.38. The Bertz CT molecular complexity index is 2320. The van der Waals surface area contributed by atoms with E-state index in [9.17, 15) is 9.65 Å². The molecule has 2 saturated heterocycles. The van der Waals surface area contributed by atoms with Gasteiger partial charge in [-0.2, -0.15) is 15.2 Å². The average Bonchev–Trinajstić information content (AvgIpc) is 3.70. The number of halogens is 5. The van der Waals surface area contributed by atoms with Crippen LogP contribution in [0.4, 0.5) is 34.2 Å². The van der Waals surface area contributed by atoms with E-state index in [1.165, 1.54) is 17.2 Å². The van der Waals surface area contributed by atoms with Crippen LogP contribution in [0.1, 0.15) is 36.4 Å². The number of hydrogen-bond acceptors (Lipinski definition) is 11. The van der Waals surface area contributed by atoms with Crippen LogP contribution in [0.25, 0.3) is 32.1 Å². The van der Waals surface area contributed by atoms with Crippen LogP contribution < -0.4 is 25.8 Å². The van der Waals surface area contributed by atoms with Gasteiger partial charge in [0.2, 0.25) is 0 Å². The summed E-state index contributed by atoms with van der Waals surface area (Å²) in [4.78, 5) is 16.9. The Morgan fingerprint density at radius 1 is 1.24 bits per heavy atom. The van der Waals surface area contributed by atoms with Crippen LogP contribution >= 0.6 is 22.9 Å². The van der Waals surface area contributed by atoms with Gasteiger partial charge in [0.25, 0.3) is 0 Å². The molecule has 3 aliphatic rings. The Morgan fingerprint density at radius 3 is 2.82 bits per heavy atom. The van der Waals surface area contributed by atoms with Gasteiger partial charge in [-0.25, -0.2) is 22.5 Å². The summed E-state index contributed by atoms with van der Waals surface area (Å²) >= 11 is 7.86. The summed E-state index contributed by atoms with van der Waals surface area (Å²) in [5, 5.41) is 9.88. The van der Waals surface area contributed by atoms with E-state index in [4.69, 9.17) is 37.5 Å². The van der Waals surface area contributed by atoms with Crippen LogP contribution in [-0.2, 0) is 0 Å². The molecule has 0 aliphatic carbocycles. The highest BCUT2D eigenvalue weighted by Crippen LogP contribution is 2.52. The van der Waals surface area contributed by atoms with Crippen molar-refractivity contribution in [1.82, 2.24) is 19.9 Å². The van der Waals surface area contributed by atoms with Crippen LogP contribution in [0.2, 0.25) is 5.02 Å². The minimum atomic E-state index is -1.24. The molecule has 0 radical (unpaired) electrons. The lowest BCUT2D eigenvalue weighted by Gasteiger charge is -2.32. The number of nitriles is 1. The van der Waals surface area contributed by atoms with Crippen LogP contribution in [0.15, 0.2) is 42.9 Å². The molecule has 10 nitrogen and oxygen atoms in total. The van der Waals surface area contributed by atoms with Crippen molar-refractivity contribution in [2.75, 3.05) is 49.2 Å². The number of ether oxygens (including phenoxy) is 2. The lowest BCUT2D eigenvalue weighted by molar-refractivity contribution is 0.107. The number of fused-ring (bicyclic) bond motifs is 2. The molecule has 0 saturated carbocycles. The van der Waals surface area contributed by atoms with E-state index >= 15 is 13.2 Å². The highest BCUT2D eigenvalue weighted by Gasteiger charge is 2.49.